The Morgan fingerprint density at radius 1 is 0.944 bits per heavy atom. The Morgan fingerprint density at radius 3 is 1.94 bits per heavy atom. The van der Waals surface area contributed by atoms with Crippen LogP contribution in [0.25, 0.3) is 6.08 Å². The number of hydrogen-bond acceptors (Lipinski definition) is 0. The number of rotatable bonds is 1. The average molecular weight is 347 g/mol. The molecule has 0 spiro atoms. The number of benzene rings is 1. The smallest absolute Gasteiger partial charge is 0.0566 e. The molecule has 1 aliphatic rings. The summed E-state index contributed by atoms with van der Waals surface area (Å²) >= 11 is 0. The van der Waals surface area contributed by atoms with Crippen LogP contribution in [-0.4, -0.2) is 8.07 Å². The van der Waals surface area contributed by atoms with Gasteiger partial charge in [-0.15, -0.1) is 26.3 Å². The van der Waals surface area contributed by atoms with Gasteiger partial charge < -0.3 is 0 Å². The van der Waals surface area contributed by atoms with Crippen molar-refractivity contribution in [2.45, 2.75) is 25.2 Å². The predicted octanol–water partition coefficient (Wildman–Crippen LogP) is 5.28. The van der Waals surface area contributed by atoms with Crippen LogP contribution >= 0.6 is 0 Å². The van der Waals surface area contributed by atoms with Crippen molar-refractivity contribution >= 4 is 14.1 Å². The first kappa shape index (κ1) is 19.6. The molecule has 0 N–H and O–H groups in total. The Bertz CT molecular complexity index is 375. The minimum absolute atomic E-state index is 0. The SMILES string of the molecule is C=C.C=C.C[Si](C)(C)C1C=Cc2ccccc21.[Rh]. The summed E-state index contributed by atoms with van der Waals surface area (Å²) in [5.74, 6) is 0. The van der Waals surface area contributed by atoms with Gasteiger partial charge in [0, 0.05) is 19.5 Å². The monoisotopic (exact) mass is 347 g/mol. The van der Waals surface area contributed by atoms with Crippen molar-refractivity contribution in [1.82, 2.24) is 0 Å². The van der Waals surface area contributed by atoms with E-state index in [9.17, 15) is 0 Å². The van der Waals surface area contributed by atoms with Gasteiger partial charge in [0.05, 0.1) is 8.07 Å². The number of fused-ring (bicyclic) bond motifs is 1. The maximum atomic E-state index is 3.00. The molecule has 0 saturated carbocycles. The number of hydrogen-bond donors (Lipinski definition) is 0. The van der Waals surface area contributed by atoms with Gasteiger partial charge in [0.25, 0.3) is 0 Å². The molecule has 1 aromatic rings. The molecule has 0 fully saturated rings. The van der Waals surface area contributed by atoms with E-state index in [-0.39, 0.29) is 19.5 Å². The zero-order valence-electron chi connectivity index (χ0n) is 11.7. The summed E-state index contributed by atoms with van der Waals surface area (Å²) in [6, 6.07) is 8.76. The Kier molecular flexibility index (Phi) is 10.1. The first-order chi connectivity index (χ1) is 8.09. The van der Waals surface area contributed by atoms with Crippen LogP contribution in [0.15, 0.2) is 56.7 Å². The third-order valence-electron chi connectivity index (χ3n) is 2.73. The van der Waals surface area contributed by atoms with Crippen molar-refractivity contribution in [3.63, 3.8) is 0 Å². The van der Waals surface area contributed by atoms with E-state index in [4.69, 9.17) is 0 Å². The van der Waals surface area contributed by atoms with Crippen LogP contribution in [0.3, 0.4) is 0 Å². The molecular formula is C16H24RhSi. The van der Waals surface area contributed by atoms with E-state index in [1.165, 1.54) is 5.56 Å². The topological polar surface area (TPSA) is 0 Å². The van der Waals surface area contributed by atoms with Gasteiger partial charge in [-0.3, -0.25) is 0 Å². The molecule has 101 valence electrons. The van der Waals surface area contributed by atoms with Gasteiger partial charge in [0.1, 0.15) is 0 Å². The molecule has 0 amide bonds. The molecule has 1 unspecified atom stereocenters. The fourth-order valence-electron chi connectivity index (χ4n) is 2.00. The van der Waals surface area contributed by atoms with E-state index in [0.717, 1.165) is 5.54 Å². The predicted molar refractivity (Wildman–Crippen MR) is 84.1 cm³/mol. The van der Waals surface area contributed by atoms with Crippen LogP contribution in [0.2, 0.25) is 19.6 Å². The van der Waals surface area contributed by atoms with Gasteiger partial charge in [-0.1, -0.05) is 56.1 Å². The van der Waals surface area contributed by atoms with Crippen LogP contribution in [0.1, 0.15) is 16.7 Å². The third-order valence-corrected chi connectivity index (χ3v) is 5.10. The van der Waals surface area contributed by atoms with Gasteiger partial charge >= 0.3 is 0 Å². The maximum absolute atomic E-state index is 3.00. The summed E-state index contributed by atoms with van der Waals surface area (Å²) in [5.41, 5.74) is 3.69. The van der Waals surface area contributed by atoms with Crippen molar-refractivity contribution in [1.29, 1.82) is 0 Å². The standard InChI is InChI=1S/C12H16Si.2C2H4.Rh/c1-13(2,3)12-9-8-10-6-4-5-7-11(10)12;2*1-2;/h4-9,12H,1-3H3;2*1-2H2;. The molecule has 1 radical (unpaired) electrons. The Hall–Kier alpha value is -0.720. The van der Waals surface area contributed by atoms with E-state index in [1.807, 2.05) is 0 Å². The van der Waals surface area contributed by atoms with Gasteiger partial charge in [0.2, 0.25) is 0 Å². The minimum Gasteiger partial charge on any atom is -0.106 e. The van der Waals surface area contributed by atoms with E-state index >= 15 is 0 Å². The van der Waals surface area contributed by atoms with Crippen molar-refractivity contribution in [3.8, 4) is 0 Å². The van der Waals surface area contributed by atoms with E-state index in [1.54, 1.807) is 5.56 Å². The fraction of sp³-hybridized carbons (Fsp3) is 0.250. The fourth-order valence-corrected chi connectivity index (χ4v) is 3.87. The van der Waals surface area contributed by atoms with E-state index < -0.39 is 8.07 Å². The third kappa shape index (κ3) is 4.88. The molecule has 0 bridgehead atoms. The summed E-state index contributed by atoms with van der Waals surface area (Å²) in [7, 11) is -1.06. The molecule has 0 saturated heterocycles. The maximum Gasteiger partial charge on any atom is 0.0566 e. The second-order valence-electron chi connectivity index (χ2n) is 4.83. The van der Waals surface area contributed by atoms with Gasteiger partial charge in [0.15, 0.2) is 0 Å². The van der Waals surface area contributed by atoms with Crippen LogP contribution < -0.4 is 0 Å². The van der Waals surface area contributed by atoms with Crippen molar-refractivity contribution in [3.05, 3.63) is 67.8 Å². The molecule has 1 aromatic carbocycles. The Labute approximate surface area is 126 Å². The minimum atomic E-state index is -1.06. The van der Waals surface area contributed by atoms with Crippen LogP contribution in [0.4, 0.5) is 0 Å². The average Bonchev–Trinajstić information content (AvgIpc) is 2.77. The normalized spacial score (nSPS) is 15.2. The quantitative estimate of drug-likeness (QED) is 0.479. The zero-order chi connectivity index (χ0) is 13.5. The van der Waals surface area contributed by atoms with E-state index in [2.05, 4.69) is 82.4 Å². The second kappa shape index (κ2) is 9.24. The molecule has 2 rings (SSSR count). The van der Waals surface area contributed by atoms with Gasteiger partial charge in [-0.25, -0.2) is 0 Å². The molecule has 2 heteroatoms. The molecule has 0 nitrogen and oxygen atoms in total. The molecule has 1 atom stereocenters. The second-order valence-corrected chi connectivity index (χ2v) is 10.2. The summed E-state index contributed by atoms with van der Waals surface area (Å²) < 4.78 is 0. The molecule has 0 heterocycles. The zero-order valence-corrected chi connectivity index (χ0v) is 14.3. The summed E-state index contributed by atoms with van der Waals surface area (Å²) in [6.45, 7) is 19.3. The molecule has 18 heavy (non-hydrogen) atoms. The van der Waals surface area contributed by atoms with Crippen LogP contribution in [0, 0.1) is 0 Å². The first-order valence-electron chi connectivity index (χ1n) is 5.86. The molecule has 0 aromatic heterocycles. The first-order valence-corrected chi connectivity index (χ1v) is 9.44. The van der Waals surface area contributed by atoms with Crippen LogP contribution in [-0.2, 0) is 19.5 Å². The summed E-state index contributed by atoms with van der Waals surface area (Å²) in [5, 5.41) is 0. The van der Waals surface area contributed by atoms with Gasteiger partial charge in [-0.2, -0.15) is 0 Å². The Morgan fingerprint density at radius 2 is 1.44 bits per heavy atom. The van der Waals surface area contributed by atoms with Gasteiger partial charge in [-0.05, 0) is 16.7 Å². The molecule has 0 aliphatic heterocycles. The largest absolute Gasteiger partial charge is 0.106 e. The van der Waals surface area contributed by atoms with Crippen molar-refractivity contribution < 1.29 is 19.5 Å². The summed E-state index contributed by atoms with van der Waals surface area (Å²) in [6.07, 6.45) is 4.66. The summed E-state index contributed by atoms with van der Waals surface area (Å²) in [4.78, 5) is 0. The van der Waals surface area contributed by atoms with Crippen molar-refractivity contribution in [2.24, 2.45) is 0 Å². The van der Waals surface area contributed by atoms with Crippen LogP contribution in [0.5, 0.6) is 0 Å². The molecule has 1 aliphatic carbocycles. The number of allylic oxidation sites excluding steroid dienone is 1. The molecular weight excluding hydrogens is 323 g/mol. The van der Waals surface area contributed by atoms with Crippen molar-refractivity contribution in [2.75, 3.05) is 0 Å². The Balaban J connectivity index is 0. The van der Waals surface area contributed by atoms with E-state index in [0.29, 0.717) is 0 Å².